The van der Waals surface area contributed by atoms with E-state index in [4.69, 9.17) is 0 Å². The van der Waals surface area contributed by atoms with Crippen LogP contribution in [0, 0.1) is 0 Å². The number of hydrogen-bond acceptors (Lipinski definition) is 4. The number of rotatable bonds is 3. The third-order valence-corrected chi connectivity index (χ3v) is 3.70. The lowest BCUT2D eigenvalue weighted by Gasteiger charge is -2.34. The summed E-state index contributed by atoms with van der Waals surface area (Å²) < 4.78 is 0. The molecule has 5 heteroatoms. The zero-order valence-electron chi connectivity index (χ0n) is 11.9. The van der Waals surface area contributed by atoms with Gasteiger partial charge in [0.15, 0.2) is 0 Å². The first kappa shape index (κ1) is 13.7. The first-order chi connectivity index (χ1) is 10.3. The van der Waals surface area contributed by atoms with Crippen molar-refractivity contribution in [1.82, 2.24) is 19.8 Å². The number of aromatic nitrogens is 2. The molecule has 2 aromatic rings. The van der Waals surface area contributed by atoms with Crippen LogP contribution in [0.15, 0.2) is 48.9 Å². The molecule has 0 aromatic carbocycles. The van der Waals surface area contributed by atoms with Crippen molar-refractivity contribution >= 4 is 5.91 Å². The quantitative estimate of drug-likeness (QED) is 0.854. The predicted octanol–water partition coefficient (Wildman–Crippen LogP) is 1.43. The van der Waals surface area contributed by atoms with Gasteiger partial charge in [0.05, 0.1) is 0 Å². The van der Waals surface area contributed by atoms with Gasteiger partial charge in [0.2, 0.25) is 0 Å². The van der Waals surface area contributed by atoms with Crippen LogP contribution in [0.3, 0.4) is 0 Å². The van der Waals surface area contributed by atoms with Crippen LogP contribution in [0.5, 0.6) is 0 Å². The Kier molecular flexibility index (Phi) is 4.21. The molecule has 1 saturated heterocycles. The lowest BCUT2D eigenvalue weighted by Crippen LogP contribution is -2.48. The molecule has 0 radical (unpaired) electrons. The van der Waals surface area contributed by atoms with Crippen molar-refractivity contribution in [3.05, 3.63) is 60.2 Å². The molecule has 2 aromatic heterocycles. The molecule has 1 fully saturated rings. The van der Waals surface area contributed by atoms with Gasteiger partial charge in [-0.1, -0.05) is 6.07 Å². The zero-order chi connectivity index (χ0) is 14.5. The van der Waals surface area contributed by atoms with Crippen LogP contribution in [-0.4, -0.2) is 51.9 Å². The smallest absolute Gasteiger partial charge is 0.272 e. The van der Waals surface area contributed by atoms with E-state index in [2.05, 4.69) is 14.9 Å². The number of nitrogens with zero attached hydrogens (tertiary/aromatic N) is 4. The van der Waals surface area contributed by atoms with E-state index in [1.54, 1.807) is 12.3 Å². The minimum absolute atomic E-state index is 0.0270. The number of amides is 1. The van der Waals surface area contributed by atoms with Gasteiger partial charge in [0.1, 0.15) is 5.69 Å². The second kappa shape index (κ2) is 6.45. The summed E-state index contributed by atoms with van der Waals surface area (Å²) in [6.45, 7) is 4.19. The van der Waals surface area contributed by atoms with E-state index >= 15 is 0 Å². The molecule has 0 saturated carbocycles. The molecule has 0 aliphatic carbocycles. The van der Waals surface area contributed by atoms with Crippen LogP contribution in [0.2, 0.25) is 0 Å². The third-order valence-electron chi connectivity index (χ3n) is 3.70. The SMILES string of the molecule is O=C(c1ccccn1)N1CCN(Cc2ccncc2)CC1. The first-order valence-corrected chi connectivity index (χ1v) is 7.14. The van der Waals surface area contributed by atoms with E-state index in [1.807, 2.05) is 41.6 Å². The van der Waals surface area contributed by atoms with Crippen molar-refractivity contribution in [3.63, 3.8) is 0 Å². The summed E-state index contributed by atoms with van der Waals surface area (Å²) in [7, 11) is 0. The van der Waals surface area contributed by atoms with Crippen LogP contribution >= 0.6 is 0 Å². The molecule has 0 N–H and O–H groups in total. The minimum atomic E-state index is 0.0270. The second-order valence-corrected chi connectivity index (χ2v) is 5.14. The summed E-state index contributed by atoms with van der Waals surface area (Å²) in [5.74, 6) is 0.0270. The number of piperazine rings is 1. The van der Waals surface area contributed by atoms with E-state index in [9.17, 15) is 4.79 Å². The van der Waals surface area contributed by atoms with Crippen molar-refractivity contribution in [2.75, 3.05) is 26.2 Å². The topological polar surface area (TPSA) is 49.3 Å². The number of carbonyl (C=O) groups excluding carboxylic acids is 1. The van der Waals surface area contributed by atoms with Crippen LogP contribution in [0.4, 0.5) is 0 Å². The van der Waals surface area contributed by atoms with E-state index < -0.39 is 0 Å². The maximum Gasteiger partial charge on any atom is 0.272 e. The fourth-order valence-electron chi connectivity index (χ4n) is 2.51. The summed E-state index contributed by atoms with van der Waals surface area (Å²) in [4.78, 5) is 24.7. The van der Waals surface area contributed by atoms with E-state index in [0.29, 0.717) is 5.69 Å². The first-order valence-electron chi connectivity index (χ1n) is 7.14. The molecule has 3 heterocycles. The van der Waals surface area contributed by atoms with E-state index in [1.165, 1.54) is 5.56 Å². The molecule has 1 amide bonds. The lowest BCUT2D eigenvalue weighted by molar-refractivity contribution is 0.0622. The molecule has 108 valence electrons. The Labute approximate surface area is 124 Å². The lowest BCUT2D eigenvalue weighted by atomic mass is 10.2. The van der Waals surface area contributed by atoms with Gasteiger partial charge >= 0.3 is 0 Å². The average Bonchev–Trinajstić information content (AvgIpc) is 2.57. The highest BCUT2D eigenvalue weighted by molar-refractivity contribution is 5.92. The maximum atomic E-state index is 12.3. The van der Waals surface area contributed by atoms with Gasteiger partial charge in [0.25, 0.3) is 5.91 Å². The van der Waals surface area contributed by atoms with Gasteiger partial charge in [-0.25, -0.2) is 0 Å². The molecule has 0 spiro atoms. The second-order valence-electron chi connectivity index (χ2n) is 5.14. The normalized spacial score (nSPS) is 15.9. The molecule has 0 atom stereocenters. The van der Waals surface area contributed by atoms with Gasteiger partial charge in [-0.3, -0.25) is 19.7 Å². The Bertz CT molecular complexity index is 580. The van der Waals surface area contributed by atoms with E-state index in [-0.39, 0.29) is 5.91 Å². The highest BCUT2D eigenvalue weighted by atomic mass is 16.2. The zero-order valence-corrected chi connectivity index (χ0v) is 11.9. The standard InChI is InChI=1S/C16H18N4O/c21-16(15-3-1-2-6-18-15)20-11-9-19(10-12-20)13-14-4-7-17-8-5-14/h1-8H,9-13H2. The molecule has 0 bridgehead atoms. The largest absolute Gasteiger partial charge is 0.335 e. The van der Waals surface area contributed by atoms with Gasteiger partial charge in [-0.15, -0.1) is 0 Å². The summed E-state index contributed by atoms with van der Waals surface area (Å²) in [6, 6.07) is 9.51. The third kappa shape index (κ3) is 3.44. The predicted molar refractivity (Wildman–Crippen MR) is 79.7 cm³/mol. The van der Waals surface area contributed by atoms with Crippen molar-refractivity contribution in [2.24, 2.45) is 0 Å². The van der Waals surface area contributed by atoms with Gasteiger partial charge < -0.3 is 4.90 Å². The molecular formula is C16H18N4O. The van der Waals surface area contributed by atoms with E-state index in [0.717, 1.165) is 32.7 Å². The Balaban J connectivity index is 1.54. The molecule has 21 heavy (non-hydrogen) atoms. The summed E-state index contributed by atoms with van der Waals surface area (Å²) >= 11 is 0. The summed E-state index contributed by atoms with van der Waals surface area (Å²) in [6.07, 6.45) is 5.29. The Hall–Kier alpha value is -2.27. The molecule has 1 aliphatic rings. The summed E-state index contributed by atoms with van der Waals surface area (Å²) in [5.41, 5.74) is 1.79. The molecule has 1 aliphatic heterocycles. The molecular weight excluding hydrogens is 264 g/mol. The summed E-state index contributed by atoms with van der Waals surface area (Å²) in [5, 5.41) is 0. The Morgan fingerprint density at radius 2 is 1.76 bits per heavy atom. The number of carbonyl (C=O) groups is 1. The molecule has 0 unspecified atom stereocenters. The maximum absolute atomic E-state index is 12.3. The molecule has 3 rings (SSSR count). The fraction of sp³-hybridized carbons (Fsp3) is 0.312. The van der Waals surface area contributed by atoms with Crippen LogP contribution < -0.4 is 0 Å². The van der Waals surface area contributed by atoms with Crippen LogP contribution in [0.25, 0.3) is 0 Å². The minimum Gasteiger partial charge on any atom is -0.335 e. The van der Waals surface area contributed by atoms with Crippen molar-refractivity contribution in [2.45, 2.75) is 6.54 Å². The van der Waals surface area contributed by atoms with Gasteiger partial charge in [-0.2, -0.15) is 0 Å². The Morgan fingerprint density at radius 1 is 1.00 bits per heavy atom. The highest BCUT2D eigenvalue weighted by Crippen LogP contribution is 2.10. The highest BCUT2D eigenvalue weighted by Gasteiger charge is 2.22. The van der Waals surface area contributed by atoms with Gasteiger partial charge in [-0.05, 0) is 29.8 Å². The van der Waals surface area contributed by atoms with Crippen molar-refractivity contribution in [1.29, 1.82) is 0 Å². The van der Waals surface area contributed by atoms with Crippen molar-refractivity contribution in [3.8, 4) is 0 Å². The van der Waals surface area contributed by atoms with Gasteiger partial charge in [0, 0.05) is 51.3 Å². The van der Waals surface area contributed by atoms with Crippen molar-refractivity contribution < 1.29 is 4.79 Å². The van der Waals surface area contributed by atoms with Crippen LogP contribution in [0.1, 0.15) is 16.1 Å². The number of hydrogen-bond donors (Lipinski definition) is 0. The monoisotopic (exact) mass is 282 g/mol. The fourth-order valence-corrected chi connectivity index (χ4v) is 2.51. The average molecular weight is 282 g/mol. The molecule has 5 nitrogen and oxygen atoms in total. The Morgan fingerprint density at radius 3 is 2.43 bits per heavy atom. The number of pyridine rings is 2. The van der Waals surface area contributed by atoms with Crippen LogP contribution in [-0.2, 0) is 6.54 Å².